The molecule has 2 fully saturated rings. The standard InChI is InChI=1S/C18H23FN2O3/c19-13-6-4-12(5-7-13)18(24)20-9-8-17(23)21-14-2-1-3-15(21)11-16(22)10-14/h4-7,14-16,22H,1-3,8-11H2,(H,20,24)/t14-,15+,16?. The summed E-state index contributed by atoms with van der Waals surface area (Å²) in [4.78, 5) is 26.4. The van der Waals surface area contributed by atoms with Crippen molar-refractivity contribution in [1.82, 2.24) is 10.2 Å². The molecule has 6 heteroatoms. The van der Waals surface area contributed by atoms with Crippen molar-refractivity contribution in [3.63, 3.8) is 0 Å². The molecule has 2 aliphatic rings. The fourth-order valence-electron chi connectivity index (χ4n) is 3.88. The van der Waals surface area contributed by atoms with Crippen LogP contribution in [-0.2, 0) is 4.79 Å². The van der Waals surface area contributed by atoms with E-state index in [0.717, 1.165) is 19.3 Å². The van der Waals surface area contributed by atoms with E-state index in [9.17, 15) is 19.1 Å². The van der Waals surface area contributed by atoms with Crippen LogP contribution in [0.25, 0.3) is 0 Å². The minimum atomic E-state index is -0.388. The first-order valence-corrected chi connectivity index (χ1v) is 8.57. The second-order valence-corrected chi connectivity index (χ2v) is 6.68. The van der Waals surface area contributed by atoms with Crippen LogP contribution in [0, 0.1) is 5.82 Å². The maximum absolute atomic E-state index is 12.9. The molecule has 0 spiro atoms. The summed E-state index contributed by atoms with van der Waals surface area (Å²) >= 11 is 0. The van der Waals surface area contributed by atoms with E-state index in [-0.39, 0.29) is 48.8 Å². The fourth-order valence-corrected chi connectivity index (χ4v) is 3.88. The Kier molecular flexibility index (Phi) is 5.14. The number of aliphatic hydroxyl groups excluding tert-OH is 1. The van der Waals surface area contributed by atoms with Crippen LogP contribution in [0.1, 0.15) is 48.9 Å². The maximum atomic E-state index is 12.9. The smallest absolute Gasteiger partial charge is 0.251 e. The number of nitrogens with one attached hydrogen (secondary N) is 1. The molecule has 2 saturated heterocycles. The minimum absolute atomic E-state index is 0.0380. The van der Waals surface area contributed by atoms with Gasteiger partial charge in [0.25, 0.3) is 5.91 Å². The Morgan fingerprint density at radius 2 is 1.79 bits per heavy atom. The number of aliphatic hydroxyl groups is 1. The number of hydrogen-bond acceptors (Lipinski definition) is 3. The molecule has 1 aromatic carbocycles. The summed E-state index contributed by atoms with van der Waals surface area (Å²) in [5.41, 5.74) is 0.377. The van der Waals surface area contributed by atoms with Crippen molar-refractivity contribution >= 4 is 11.8 Å². The monoisotopic (exact) mass is 334 g/mol. The molecule has 0 saturated carbocycles. The van der Waals surface area contributed by atoms with Gasteiger partial charge in [-0.1, -0.05) is 0 Å². The molecule has 0 aromatic heterocycles. The van der Waals surface area contributed by atoms with E-state index < -0.39 is 0 Å². The molecule has 3 rings (SSSR count). The summed E-state index contributed by atoms with van der Waals surface area (Å²) in [6.45, 7) is 0.257. The minimum Gasteiger partial charge on any atom is -0.393 e. The van der Waals surface area contributed by atoms with Crippen LogP contribution in [0.3, 0.4) is 0 Å². The third-order valence-corrected chi connectivity index (χ3v) is 4.97. The number of fused-ring (bicyclic) bond motifs is 2. The molecule has 2 aliphatic heterocycles. The molecule has 0 aliphatic carbocycles. The van der Waals surface area contributed by atoms with Crippen LogP contribution in [0.2, 0.25) is 0 Å². The number of carbonyl (C=O) groups excluding carboxylic acids is 2. The number of nitrogens with zero attached hydrogens (tertiary/aromatic N) is 1. The molecule has 2 amide bonds. The van der Waals surface area contributed by atoms with Gasteiger partial charge in [-0.3, -0.25) is 9.59 Å². The Labute approximate surface area is 140 Å². The predicted molar refractivity (Wildman–Crippen MR) is 86.9 cm³/mol. The van der Waals surface area contributed by atoms with Crippen LogP contribution in [0.4, 0.5) is 4.39 Å². The molecule has 24 heavy (non-hydrogen) atoms. The average Bonchev–Trinajstić information content (AvgIpc) is 2.54. The molecular formula is C18H23FN2O3. The number of rotatable bonds is 4. The molecule has 5 nitrogen and oxygen atoms in total. The van der Waals surface area contributed by atoms with Crippen LogP contribution in [0.15, 0.2) is 24.3 Å². The van der Waals surface area contributed by atoms with Gasteiger partial charge in [0.15, 0.2) is 0 Å². The highest BCUT2D eigenvalue weighted by Gasteiger charge is 2.39. The van der Waals surface area contributed by atoms with Crippen molar-refractivity contribution in [3.05, 3.63) is 35.6 Å². The summed E-state index contributed by atoms with van der Waals surface area (Å²) in [5, 5.41) is 12.6. The van der Waals surface area contributed by atoms with Crippen LogP contribution in [0.5, 0.6) is 0 Å². The van der Waals surface area contributed by atoms with Gasteiger partial charge in [-0.25, -0.2) is 4.39 Å². The third-order valence-electron chi connectivity index (χ3n) is 4.97. The lowest BCUT2D eigenvalue weighted by Gasteiger charge is -2.47. The van der Waals surface area contributed by atoms with E-state index in [1.165, 1.54) is 24.3 Å². The van der Waals surface area contributed by atoms with Gasteiger partial charge in [0.05, 0.1) is 6.10 Å². The van der Waals surface area contributed by atoms with E-state index in [0.29, 0.717) is 18.4 Å². The van der Waals surface area contributed by atoms with Gasteiger partial charge in [0.1, 0.15) is 5.82 Å². The number of amides is 2. The van der Waals surface area contributed by atoms with Crippen LogP contribution in [-0.4, -0.2) is 46.6 Å². The van der Waals surface area contributed by atoms with Crippen molar-refractivity contribution < 1.29 is 19.1 Å². The van der Waals surface area contributed by atoms with Gasteiger partial charge in [-0.2, -0.15) is 0 Å². The zero-order valence-electron chi connectivity index (χ0n) is 13.6. The second kappa shape index (κ2) is 7.30. The van der Waals surface area contributed by atoms with Crippen LogP contribution < -0.4 is 5.32 Å². The molecule has 2 bridgehead atoms. The van der Waals surface area contributed by atoms with E-state index in [1.54, 1.807) is 0 Å². The van der Waals surface area contributed by atoms with E-state index in [2.05, 4.69) is 5.32 Å². The summed E-state index contributed by atoms with van der Waals surface area (Å²) in [6, 6.07) is 5.58. The van der Waals surface area contributed by atoms with Crippen molar-refractivity contribution in [2.45, 2.75) is 56.7 Å². The topological polar surface area (TPSA) is 69.6 Å². The Morgan fingerprint density at radius 3 is 2.42 bits per heavy atom. The first kappa shape index (κ1) is 16.9. The Bertz CT molecular complexity index is 591. The first-order chi connectivity index (χ1) is 11.5. The molecular weight excluding hydrogens is 311 g/mol. The first-order valence-electron chi connectivity index (χ1n) is 8.57. The molecule has 2 N–H and O–H groups in total. The van der Waals surface area contributed by atoms with Crippen LogP contribution >= 0.6 is 0 Å². The summed E-state index contributed by atoms with van der Waals surface area (Å²) in [7, 11) is 0. The lowest BCUT2D eigenvalue weighted by molar-refractivity contribution is -0.143. The van der Waals surface area contributed by atoms with Crippen molar-refractivity contribution in [2.24, 2.45) is 0 Å². The highest BCUT2D eigenvalue weighted by Crippen LogP contribution is 2.34. The number of halogens is 1. The second-order valence-electron chi connectivity index (χ2n) is 6.68. The van der Waals surface area contributed by atoms with Crippen molar-refractivity contribution in [3.8, 4) is 0 Å². The Morgan fingerprint density at radius 1 is 1.17 bits per heavy atom. The van der Waals surface area contributed by atoms with E-state index in [1.807, 2.05) is 4.90 Å². The molecule has 130 valence electrons. The summed E-state index contributed by atoms with van der Waals surface area (Å²) in [6.07, 6.45) is 4.25. The van der Waals surface area contributed by atoms with Gasteiger partial charge in [0.2, 0.25) is 5.91 Å². The van der Waals surface area contributed by atoms with E-state index >= 15 is 0 Å². The molecule has 1 unspecified atom stereocenters. The van der Waals surface area contributed by atoms with E-state index in [4.69, 9.17) is 0 Å². The number of carbonyl (C=O) groups is 2. The molecule has 2 heterocycles. The van der Waals surface area contributed by atoms with Crippen molar-refractivity contribution in [1.29, 1.82) is 0 Å². The van der Waals surface area contributed by atoms with Gasteiger partial charge in [0, 0.05) is 30.6 Å². The summed E-state index contributed by atoms with van der Waals surface area (Å²) < 4.78 is 12.9. The highest BCUT2D eigenvalue weighted by atomic mass is 19.1. The number of benzene rings is 1. The largest absolute Gasteiger partial charge is 0.393 e. The summed E-state index contributed by atoms with van der Waals surface area (Å²) in [5.74, 6) is -0.659. The lowest BCUT2D eigenvalue weighted by Crippen LogP contribution is -2.56. The zero-order valence-corrected chi connectivity index (χ0v) is 13.6. The molecule has 0 radical (unpaired) electrons. The number of piperidine rings is 2. The average molecular weight is 334 g/mol. The van der Waals surface area contributed by atoms with Crippen molar-refractivity contribution in [2.75, 3.05) is 6.54 Å². The Hall–Kier alpha value is -1.95. The van der Waals surface area contributed by atoms with Gasteiger partial charge in [-0.15, -0.1) is 0 Å². The number of hydrogen-bond donors (Lipinski definition) is 2. The predicted octanol–water partition coefficient (Wildman–Crippen LogP) is 1.85. The molecule has 1 aromatic rings. The quantitative estimate of drug-likeness (QED) is 0.883. The van der Waals surface area contributed by atoms with Gasteiger partial charge < -0.3 is 15.3 Å². The fraction of sp³-hybridized carbons (Fsp3) is 0.556. The Balaban J connectivity index is 1.50. The maximum Gasteiger partial charge on any atom is 0.251 e. The van der Waals surface area contributed by atoms with Gasteiger partial charge >= 0.3 is 0 Å². The van der Waals surface area contributed by atoms with Gasteiger partial charge in [-0.05, 0) is 56.4 Å². The highest BCUT2D eigenvalue weighted by molar-refractivity contribution is 5.94. The SMILES string of the molecule is O=C(NCCC(=O)N1[C@@H]2CCC[C@H]1CC(O)C2)c1ccc(F)cc1. The molecule has 3 atom stereocenters. The zero-order chi connectivity index (χ0) is 17.1. The third kappa shape index (κ3) is 3.75. The normalized spacial score (nSPS) is 26.1. The lowest BCUT2D eigenvalue weighted by atomic mass is 9.82.